The summed E-state index contributed by atoms with van der Waals surface area (Å²) >= 11 is 0. The van der Waals surface area contributed by atoms with Gasteiger partial charge in [-0.3, -0.25) is 0 Å². The molecule has 3 rings (SSSR count). The number of nitrogens with one attached hydrogen (secondary N) is 1. The number of rotatable bonds is 4. The predicted molar refractivity (Wildman–Crippen MR) is 98.2 cm³/mol. The lowest BCUT2D eigenvalue weighted by atomic mass is 10.0. The topological polar surface area (TPSA) is 106 Å². The number of nitrogens with zero attached hydrogens (tertiary/aromatic N) is 2. The molecule has 0 aliphatic heterocycles. The number of halogens is 3. The Balaban J connectivity index is 2.22. The fraction of sp³-hybridized carbons (Fsp3) is 0.211. The summed E-state index contributed by atoms with van der Waals surface area (Å²) < 4.78 is 63.6. The molecule has 4 atom stereocenters. The van der Waals surface area contributed by atoms with E-state index in [1.54, 1.807) is 6.07 Å². The van der Waals surface area contributed by atoms with Gasteiger partial charge in [-0.25, -0.2) is 22.1 Å². The monoisotopic (exact) mass is 421 g/mol. The summed E-state index contributed by atoms with van der Waals surface area (Å²) in [5.41, 5.74) is -3.63. The van der Waals surface area contributed by atoms with E-state index in [0.29, 0.717) is 0 Å². The number of hydrogen-bond acceptors (Lipinski definition) is 5. The van der Waals surface area contributed by atoms with Crippen LogP contribution in [0.1, 0.15) is 35.9 Å². The van der Waals surface area contributed by atoms with Gasteiger partial charge in [0.1, 0.15) is 23.4 Å². The first-order valence-electron chi connectivity index (χ1n) is 8.12. The third-order valence-electron chi connectivity index (χ3n) is 4.56. The Morgan fingerprint density at radius 3 is 2.62 bits per heavy atom. The molecule has 2 aromatic rings. The number of hydrogen-bond donors (Lipinski definition) is 2. The fourth-order valence-electron chi connectivity index (χ4n) is 3.16. The van der Waals surface area contributed by atoms with Gasteiger partial charge in [-0.2, -0.15) is 10.5 Å². The molecule has 0 bridgehead atoms. The van der Waals surface area contributed by atoms with Gasteiger partial charge in [0.15, 0.2) is 18.0 Å². The molecule has 10 heteroatoms. The molecule has 0 amide bonds. The van der Waals surface area contributed by atoms with Gasteiger partial charge < -0.3 is 9.84 Å². The Hall–Kier alpha value is -3.21. The number of nitriles is 2. The molecule has 0 saturated heterocycles. The van der Waals surface area contributed by atoms with E-state index in [2.05, 4.69) is 5.87 Å². The van der Waals surface area contributed by atoms with Crippen LogP contribution in [0.5, 0.6) is 11.5 Å². The van der Waals surface area contributed by atoms with E-state index >= 15 is 0 Å². The van der Waals surface area contributed by atoms with Crippen molar-refractivity contribution in [2.24, 2.45) is 0 Å². The van der Waals surface area contributed by atoms with Gasteiger partial charge in [0.2, 0.25) is 0 Å². The van der Waals surface area contributed by atoms with Gasteiger partial charge in [0.25, 0.3) is 0 Å². The number of aliphatic hydroxyl groups excluding tert-OH is 1. The zero-order valence-electron chi connectivity index (χ0n) is 14.9. The van der Waals surface area contributed by atoms with E-state index in [1.807, 2.05) is 4.72 Å². The Morgan fingerprint density at radius 2 is 2.00 bits per heavy atom. The van der Waals surface area contributed by atoms with E-state index in [-0.39, 0.29) is 27.5 Å². The molecule has 6 nitrogen and oxygen atoms in total. The summed E-state index contributed by atoms with van der Waals surface area (Å²) in [5, 5.41) is 28.1. The van der Waals surface area contributed by atoms with Crippen LogP contribution in [0.3, 0.4) is 0 Å². The van der Waals surface area contributed by atoms with E-state index in [0.717, 1.165) is 31.2 Å². The van der Waals surface area contributed by atoms with Crippen LogP contribution in [0, 0.1) is 28.6 Å². The highest BCUT2D eigenvalue weighted by molar-refractivity contribution is 7.98. The minimum Gasteiger partial charge on any atom is -0.457 e. The van der Waals surface area contributed by atoms with Crippen molar-refractivity contribution in [1.29, 1.82) is 10.5 Å². The van der Waals surface area contributed by atoms with Crippen molar-refractivity contribution in [3.63, 3.8) is 0 Å². The maximum atomic E-state index is 14.9. The quantitative estimate of drug-likeness (QED) is 0.447. The molecular weight excluding hydrogens is 407 g/mol. The first-order chi connectivity index (χ1) is 13.5. The normalized spacial score (nSPS) is 24.7. The van der Waals surface area contributed by atoms with Crippen molar-refractivity contribution in [2.45, 2.75) is 29.8 Å². The number of benzene rings is 2. The van der Waals surface area contributed by atoms with Gasteiger partial charge in [-0.1, -0.05) is 0 Å². The first-order valence-corrected chi connectivity index (χ1v) is 9.85. The second-order valence-electron chi connectivity index (χ2n) is 6.58. The van der Waals surface area contributed by atoms with E-state index in [9.17, 15) is 22.5 Å². The molecule has 150 valence electrons. The van der Waals surface area contributed by atoms with E-state index < -0.39 is 39.0 Å². The zero-order valence-corrected chi connectivity index (χ0v) is 15.8. The molecule has 0 saturated carbocycles. The van der Waals surface area contributed by atoms with Gasteiger partial charge >= 0.3 is 0 Å². The number of fused-ring (bicyclic) bond motifs is 1. The smallest absolute Gasteiger partial charge is 0.189 e. The third-order valence-corrected chi connectivity index (χ3v) is 6.05. The van der Waals surface area contributed by atoms with Crippen molar-refractivity contribution in [3.05, 3.63) is 52.8 Å². The molecule has 0 fully saturated rings. The van der Waals surface area contributed by atoms with Crippen LogP contribution in [0.15, 0.2) is 35.2 Å². The average Bonchev–Trinajstić information content (AvgIpc) is 2.82. The summed E-state index contributed by atoms with van der Waals surface area (Å²) in [5.74, 6) is 2.17. The van der Waals surface area contributed by atoms with Crippen LogP contribution < -0.4 is 9.46 Å². The Labute approximate surface area is 164 Å². The molecule has 1 aliphatic carbocycles. The standard InChI is InChI=1S/C19H14F3N3O3S/c1-19(22)17(21)15-13(28-12-6-10(8-23)5-11(20)7-12)3-4-14(16(15)18(19)26)29(2,27)25-9-24/h3-7,17-18,26H,2H2,1H3,(H,25,27). The van der Waals surface area contributed by atoms with Crippen LogP contribution >= 0.6 is 0 Å². The minimum absolute atomic E-state index is 0.0561. The minimum atomic E-state index is -3.51. The summed E-state index contributed by atoms with van der Waals surface area (Å²) in [6.07, 6.45) is -2.93. The molecule has 0 heterocycles. The van der Waals surface area contributed by atoms with Crippen molar-refractivity contribution >= 4 is 15.6 Å². The van der Waals surface area contributed by atoms with E-state index in [1.165, 1.54) is 12.3 Å². The van der Waals surface area contributed by atoms with Gasteiger partial charge in [-0.05, 0) is 37.1 Å². The van der Waals surface area contributed by atoms with Crippen LogP contribution in [0.25, 0.3) is 0 Å². The average molecular weight is 421 g/mol. The van der Waals surface area contributed by atoms with Crippen molar-refractivity contribution in [1.82, 2.24) is 4.72 Å². The molecule has 29 heavy (non-hydrogen) atoms. The Morgan fingerprint density at radius 1 is 1.31 bits per heavy atom. The Kier molecular flexibility index (Phi) is 4.95. The number of aliphatic hydroxyl groups is 1. The van der Waals surface area contributed by atoms with E-state index in [4.69, 9.17) is 15.3 Å². The lowest BCUT2D eigenvalue weighted by Gasteiger charge is -2.21. The van der Waals surface area contributed by atoms with Gasteiger partial charge in [-0.15, -0.1) is 0 Å². The van der Waals surface area contributed by atoms with Crippen molar-refractivity contribution in [2.75, 3.05) is 0 Å². The molecule has 0 radical (unpaired) electrons. The van der Waals surface area contributed by atoms with Gasteiger partial charge in [0, 0.05) is 17.2 Å². The maximum Gasteiger partial charge on any atom is 0.189 e. The summed E-state index contributed by atoms with van der Waals surface area (Å²) in [6.45, 7) is 0.828. The molecular formula is C19H14F3N3O3S. The van der Waals surface area contributed by atoms with Crippen LogP contribution in [0.4, 0.5) is 13.2 Å². The second kappa shape index (κ2) is 6.99. The largest absolute Gasteiger partial charge is 0.457 e. The highest BCUT2D eigenvalue weighted by Gasteiger charge is 2.54. The summed E-state index contributed by atoms with van der Waals surface area (Å²) in [4.78, 5) is -0.255. The van der Waals surface area contributed by atoms with Gasteiger partial charge in [0.05, 0.1) is 26.2 Å². The number of ether oxygens (including phenoxy) is 1. The molecule has 2 aromatic carbocycles. The number of alkyl halides is 2. The maximum absolute atomic E-state index is 14.9. The molecule has 4 unspecified atom stereocenters. The molecule has 2 N–H and O–H groups in total. The van der Waals surface area contributed by atoms with Crippen molar-refractivity contribution in [3.8, 4) is 23.8 Å². The predicted octanol–water partition coefficient (Wildman–Crippen LogP) is 3.34. The van der Waals surface area contributed by atoms with Crippen LogP contribution in [-0.4, -0.2) is 20.9 Å². The molecule has 1 aliphatic rings. The fourth-order valence-corrected chi connectivity index (χ4v) is 4.28. The second-order valence-corrected chi connectivity index (χ2v) is 8.58. The van der Waals surface area contributed by atoms with Crippen LogP contribution in [-0.2, 0) is 9.71 Å². The van der Waals surface area contributed by atoms with Crippen LogP contribution in [0.2, 0.25) is 0 Å². The molecule has 0 spiro atoms. The lowest BCUT2D eigenvalue weighted by molar-refractivity contribution is -0.0343. The molecule has 0 aromatic heterocycles. The Bertz CT molecular complexity index is 1180. The highest BCUT2D eigenvalue weighted by atomic mass is 32.2. The third kappa shape index (κ3) is 3.37. The first kappa shape index (κ1) is 20.5. The zero-order chi connectivity index (χ0) is 21.6. The SMILES string of the molecule is C=S(=O)(NC#N)c1ccc(Oc2cc(F)cc(C#N)c2)c2c1C(O)C(C)(F)C2F. The highest BCUT2D eigenvalue weighted by Crippen LogP contribution is 2.56. The summed E-state index contributed by atoms with van der Waals surface area (Å²) in [6, 6.07) is 7.13. The summed E-state index contributed by atoms with van der Waals surface area (Å²) in [7, 11) is -3.51. The lowest BCUT2D eigenvalue weighted by Crippen LogP contribution is -2.27. The van der Waals surface area contributed by atoms with Crippen molar-refractivity contribution < 1.29 is 27.2 Å².